The molecule has 2 heteroatoms. The van der Waals surface area contributed by atoms with Crippen LogP contribution in [0.15, 0.2) is 0 Å². The zero-order valence-corrected chi connectivity index (χ0v) is 7.97. The lowest BCUT2D eigenvalue weighted by Crippen LogP contribution is -2.33. The van der Waals surface area contributed by atoms with Gasteiger partial charge >= 0.3 is 0 Å². The van der Waals surface area contributed by atoms with Crippen molar-refractivity contribution in [2.45, 2.75) is 38.6 Å². The average molecular weight is 177 g/mol. The standard InChI is InChI=1S/C11H15NO/c1-4-7-9-11(13)12-10(6-3)8-5-2/h1-2,10H,6-9H2,3H3,(H,12,13). The SMILES string of the molecule is C#CCCC(=O)NC(CC)CC#C. The maximum absolute atomic E-state index is 11.2. The Hall–Kier alpha value is -1.41. The van der Waals surface area contributed by atoms with Crippen molar-refractivity contribution in [3.8, 4) is 24.7 Å². The summed E-state index contributed by atoms with van der Waals surface area (Å²) < 4.78 is 0. The third-order valence-corrected chi connectivity index (χ3v) is 1.72. The minimum atomic E-state index is -0.0138. The third-order valence-electron chi connectivity index (χ3n) is 1.72. The van der Waals surface area contributed by atoms with Crippen LogP contribution in [0.1, 0.15) is 32.6 Å². The molecular weight excluding hydrogens is 162 g/mol. The number of carbonyl (C=O) groups is 1. The van der Waals surface area contributed by atoms with Crippen molar-refractivity contribution < 1.29 is 4.79 Å². The minimum absolute atomic E-state index is 0.0138. The number of carbonyl (C=O) groups excluding carboxylic acids is 1. The molecule has 0 aliphatic heterocycles. The smallest absolute Gasteiger partial charge is 0.221 e. The highest BCUT2D eigenvalue weighted by Gasteiger charge is 2.07. The molecule has 0 saturated carbocycles. The van der Waals surface area contributed by atoms with Crippen molar-refractivity contribution in [1.29, 1.82) is 0 Å². The summed E-state index contributed by atoms with van der Waals surface area (Å²) in [6.07, 6.45) is 12.5. The van der Waals surface area contributed by atoms with E-state index in [9.17, 15) is 4.79 Å². The maximum Gasteiger partial charge on any atom is 0.221 e. The Morgan fingerprint density at radius 2 is 2.15 bits per heavy atom. The van der Waals surface area contributed by atoms with Gasteiger partial charge in [-0.05, 0) is 6.42 Å². The molecule has 0 saturated heterocycles. The van der Waals surface area contributed by atoms with Crippen LogP contribution < -0.4 is 5.32 Å². The normalized spacial score (nSPS) is 11.0. The van der Waals surface area contributed by atoms with Gasteiger partial charge in [0.1, 0.15) is 0 Å². The number of hydrogen-bond acceptors (Lipinski definition) is 1. The second-order valence-electron chi connectivity index (χ2n) is 2.79. The number of terminal acetylenes is 2. The molecule has 1 atom stereocenters. The van der Waals surface area contributed by atoms with Crippen LogP contribution in [0.25, 0.3) is 0 Å². The van der Waals surface area contributed by atoms with Crippen molar-refractivity contribution in [2.24, 2.45) is 0 Å². The van der Waals surface area contributed by atoms with Crippen molar-refractivity contribution >= 4 is 5.91 Å². The Morgan fingerprint density at radius 3 is 2.62 bits per heavy atom. The molecule has 70 valence electrons. The highest BCUT2D eigenvalue weighted by Crippen LogP contribution is 1.97. The van der Waals surface area contributed by atoms with E-state index in [2.05, 4.69) is 17.2 Å². The average Bonchev–Trinajstić information content (AvgIpc) is 2.14. The van der Waals surface area contributed by atoms with Gasteiger partial charge in [-0.1, -0.05) is 6.92 Å². The summed E-state index contributed by atoms with van der Waals surface area (Å²) in [6, 6.07) is 0.0928. The number of rotatable bonds is 5. The van der Waals surface area contributed by atoms with Crippen molar-refractivity contribution in [3.63, 3.8) is 0 Å². The molecule has 0 radical (unpaired) electrons. The van der Waals surface area contributed by atoms with Crippen LogP contribution in [0.3, 0.4) is 0 Å². The van der Waals surface area contributed by atoms with E-state index in [1.54, 1.807) is 0 Å². The lowest BCUT2D eigenvalue weighted by atomic mass is 10.1. The van der Waals surface area contributed by atoms with E-state index in [1.165, 1.54) is 0 Å². The van der Waals surface area contributed by atoms with Gasteiger partial charge < -0.3 is 5.32 Å². The largest absolute Gasteiger partial charge is 0.352 e. The predicted octanol–water partition coefficient (Wildman–Crippen LogP) is 1.32. The molecule has 0 aromatic carbocycles. The Balaban J connectivity index is 3.75. The van der Waals surface area contributed by atoms with Crippen LogP contribution in [0, 0.1) is 24.7 Å². The third kappa shape index (κ3) is 5.82. The maximum atomic E-state index is 11.2. The van der Waals surface area contributed by atoms with Crippen LogP contribution in [0.4, 0.5) is 0 Å². The van der Waals surface area contributed by atoms with Gasteiger partial charge in [0.05, 0.1) is 0 Å². The summed E-state index contributed by atoms with van der Waals surface area (Å²) in [6.45, 7) is 1.99. The molecule has 0 aromatic rings. The lowest BCUT2D eigenvalue weighted by Gasteiger charge is -2.13. The first-order chi connectivity index (χ1) is 6.24. The number of amides is 1. The Bertz CT molecular complexity index is 231. The predicted molar refractivity (Wildman–Crippen MR) is 53.7 cm³/mol. The molecular formula is C11H15NO. The fraction of sp³-hybridized carbons (Fsp3) is 0.545. The zero-order chi connectivity index (χ0) is 10.1. The van der Waals surface area contributed by atoms with E-state index < -0.39 is 0 Å². The van der Waals surface area contributed by atoms with E-state index in [4.69, 9.17) is 12.8 Å². The van der Waals surface area contributed by atoms with Crippen LogP contribution >= 0.6 is 0 Å². The molecule has 0 heterocycles. The van der Waals surface area contributed by atoms with Crippen LogP contribution in [-0.2, 0) is 4.79 Å². The lowest BCUT2D eigenvalue weighted by molar-refractivity contribution is -0.121. The zero-order valence-electron chi connectivity index (χ0n) is 7.97. The molecule has 0 aliphatic carbocycles. The van der Waals surface area contributed by atoms with E-state index in [1.807, 2.05) is 6.92 Å². The van der Waals surface area contributed by atoms with E-state index in [0.717, 1.165) is 6.42 Å². The van der Waals surface area contributed by atoms with Gasteiger partial charge in [0.2, 0.25) is 5.91 Å². The molecule has 1 N–H and O–H groups in total. The molecule has 1 unspecified atom stereocenters. The second-order valence-corrected chi connectivity index (χ2v) is 2.79. The van der Waals surface area contributed by atoms with E-state index >= 15 is 0 Å². The van der Waals surface area contributed by atoms with Gasteiger partial charge in [0.25, 0.3) is 0 Å². The highest BCUT2D eigenvalue weighted by molar-refractivity contribution is 5.76. The first kappa shape index (κ1) is 11.6. The number of nitrogens with one attached hydrogen (secondary N) is 1. The first-order valence-electron chi connectivity index (χ1n) is 4.40. The summed E-state index contributed by atoms with van der Waals surface area (Å²) in [5.41, 5.74) is 0. The van der Waals surface area contributed by atoms with Gasteiger partial charge in [-0.25, -0.2) is 0 Å². The molecule has 0 fully saturated rings. The molecule has 0 bridgehead atoms. The van der Waals surface area contributed by atoms with E-state index in [-0.39, 0.29) is 11.9 Å². The van der Waals surface area contributed by atoms with Crippen molar-refractivity contribution in [2.75, 3.05) is 0 Å². The van der Waals surface area contributed by atoms with Gasteiger partial charge in [0.15, 0.2) is 0 Å². The minimum Gasteiger partial charge on any atom is -0.352 e. The Morgan fingerprint density at radius 1 is 1.46 bits per heavy atom. The molecule has 0 aromatic heterocycles. The summed E-state index contributed by atoms with van der Waals surface area (Å²) >= 11 is 0. The Labute approximate surface area is 80.1 Å². The first-order valence-corrected chi connectivity index (χ1v) is 4.40. The molecule has 0 rings (SSSR count). The topological polar surface area (TPSA) is 29.1 Å². The van der Waals surface area contributed by atoms with Crippen LogP contribution in [-0.4, -0.2) is 11.9 Å². The highest BCUT2D eigenvalue weighted by atomic mass is 16.1. The number of hydrogen-bond donors (Lipinski definition) is 1. The molecule has 1 amide bonds. The van der Waals surface area contributed by atoms with Crippen LogP contribution in [0.2, 0.25) is 0 Å². The van der Waals surface area contributed by atoms with E-state index in [0.29, 0.717) is 19.3 Å². The van der Waals surface area contributed by atoms with Crippen molar-refractivity contribution in [1.82, 2.24) is 5.32 Å². The summed E-state index contributed by atoms with van der Waals surface area (Å²) in [7, 11) is 0. The van der Waals surface area contributed by atoms with Crippen LogP contribution in [0.5, 0.6) is 0 Å². The molecule has 0 aliphatic rings. The molecule has 13 heavy (non-hydrogen) atoms. The van der Waals surface area contributed by atoms with Gasteiger partial charge in [-0.2, -0.15) is 0 Å². The summed E-state index contributed by atoms with van der Waals surface area (Å²) in [5, 5.41) is 2.83. The van der Waals surface area contributed by atoms with Gasteiger partial charge in [-0.3, -0.25) is 4.79 Å². The Kier molecular flexibility index (Phi) is 6.46. The summed E-state index contributed by atoms with van der Waals surface area (Å²) in [4.78, 5) is 11.2. The fourth-order valence-electron chi connectivity index (χ4n) is 0.925. The summed E-state index contributed by atoms with van der Waals surface area (Å²) in [5.74, 6) is 4.93. The quantitative estimate of drug-likeness (QED) is 0.630. The second kappa shape index (κ2) is 7.25. The van der Waals surface area contributed by atoms with Gasteiger partial charge in [0, 0.05) is 25.3 Å². The molecule has 0 spiro atoms. The monoisotopic (exact) mass is 177 g/mol. The fourth-order valence-corrected chi connectivity index (χ4v) is 0.925. The van der Waals surface area contributed by atoms with Gasteiger partial charge in [-0.15, -0.1) is 24.7 Å². The van der Waals surface area contributed by atoms with Crippen molar-refractivity contribution in [3.05, 3.63) is 0 Å². The molecule has 2 nitrogen and oxygen atoms in total.